The Morgan fingerprint density at radius 2 is 2.00 bits per heavy atom. The van der Waals surface area contributed by atoms with E-state index < -0.39 is 0 Å². The average molecular weight is 266 g/mol. The molecule has 20 heavy (non-hydrogen) atoms. The standard InChI is InChI=1S/C16H18N4/c1-12(13-5-3-2-4-6-13)8-10-20-15-7-9-18-11-14(15)19-16(20)17/h2-7,9,11-12H,8,10H2,1H3,(H2,17,19). The van der Waals surface area contributed by atoms with Crippen molar-refractivity contribution in [1.82, 2.24) is 14.5 Å². The number of pyridine rings is 1. The van der Waals surface area contributed by atoms with Crippen molar-refractivity contribution < 1.29 is 0 Å². The van der Waals surface area contributed by atoms with Crippen molar-refractivity contribution in [3.63, 3.8) is 0 Å². The molecular formula is C16H18N4. The summed E-state index contributed by atoms with van der Waals surface area (Å²) in [5.41, 5.74) is 9.27. The van der Waals surface area contributed by atoms with E-state index in [-0.39, 0.29) is 0 Å². The number of fused-ring (bicyclic) bond motifs is 1. The summed E-state index contributed by atoms with van der Waals surface area (Å²) in [6, 6.07) is 12.5. The van der Waals surface area contributed by atoms with E-state index in [1.807, 2.05) is 12.1 Å². The topological polar surface area (TPSA) is 56.7 Å². The van der Waals surface area contributed by atoms with Gasteiger partial charge in [-0.3, -0.25) is 4.98 Å². The van der Waals surface area contributed by atoms with Crippen LogP contribution in [0.15, 0.2) is 48.8 Å². The Kier molecular flexibility index (Phi) is 3.37. The van der Waals surface area contributed by atoms with Crippen LogP contribution in [0.1, 0.15) is 24.8 Å². The molecule has 2 N–H and O–H groups in total. The first kappa shape index (κ1) is 12.7. The smallest absolute Gasteiger partial charge is 0.201 e. The fourth-order valence-electron chi connectivity index (χ4n) is 2.51. The molecule has 2 heterocycles. The summed E-state index contributed by atoms with van der Waals surface area (Å²) in [6.45, 7) is 3.11. The summed E-state index contributed by atoms with van der Waals surface area (Å²) in [6.07, 6.45) is 4.56. The molecule has 1 aromatic carbocycles. The van der Waals surface area contributed by atoms with Crippen LogP contribution in [0, 0.1) is 0 Å². The van der Waals surface area contributed by atoms with Gasteiger partial charge in [0.2, 0.25) is 5.95 Å². The second-order valence-corrected chi connectivity index (χ2v) is 5.09. The van der Waals surface area contributed by atoms with Gasteiger partial charge >= 0.3 is 0 Å². The minimum Gasteiger partial charge on any atom is -0.369 e. The van der Waals surface area contributed by atoms with Crippen molar-refractivity contribution in [3.05, 3.63) is 54.4 Å². The molecule has 0 radical (unpaired) electrons. The van der Waals surface area contributed by atoms with E-state index in [0.29, 0.717) is 11.9 Å². The number of benzene rings is 1. The minimum atomic E-state index is 0.495. The Bertz CT molecular complexity index is 703. The second kappa shape index (κ2) is 5.33. The molecule has 102 valence electrons. The molecule has 0 aliphatic heterocycles. The van der Waals surface area contributed by atoms with Crippen LogP contribution in [0.3, 0.4) is 0 Å². The normalized spacial score (nSPS) is 12.7. The van der Waals surface area contributed by atoms with Crippen LogP contribution >= 0.6 is 0 Å². The highest BCUT2D eigenvalue weighted by Crippen LogP contribution is 2.22. The van der Waals surface area contributed by atoms with E-state index in [2.05, 4.69) is 45.7 Å². The van der Waals surface area contributed by atoms with Crippen LogP contribution in [0.25, 0.3) is 11.0 Å². The SMILES string of the molecule is CC(CCn1c(N)nc2cnccc21)c1ccccc1. The van der Waals surface area contributed by atoms with E-state index in [9.17, 15) is 0 Å². The predicted molar refractivity (Wildman–Crippen MR) is 81.4 cm³/mol. The summed E-state index contributed by atoms with van der Waals surface area (Å²) in [5, 5.41) is 0. The number of aromatic nitrogens is 3. The van der Waals surface area contributed by atoms with Crippen LogP contribution in [0.5, 0.6) is 0 Å². The molecule has 0 saturated heterocycles. The molecule has 3 aromatic rings. The van der Waals surface area contributed by atoms with Crippen LogP contribution in [-0.2, 0) is 6.54 Å². The van der Waals surface area contributed by atoms with Crippen molar-refractivity contribution >= 4 is 17.0 Å². The number of hydrogen-bond donors (Lipinski definition) is 1. The van der Waals surface area contributed by atoms with Crippen LogP contribution in [-0.4, -0.2) is 14.5 Å². The first-order chi connectivity index (χ1) is 9.75. The number of nitrogen functional groups attached to an aromatic ring is 1. The summed E-state index contributed by atoms with van der Waals surface area (Å²) in [5.74, 6) is 1.06. The molecule has 0 amide bonds. The first-order valence-electron chi connectivity index (χ1n) is 6.86. The molecule has 4 heteroatoms. The molecule has 4 nitrogen and oxygen atoms in total. The largest absolute Gasteiger partial charge is 0.369 e. The zero-order valence-corrected chi connectivity index (χ0v) is 11.5. The third-order valence-electron chi connectivity index (χ3n) is 3.73. The minimum absolute atomic E-state index is 0.495. The molecule has 1 unspecified atom stereocenters. The monoisotopic (exact) mass is 266 g/mol. The van der Waals surface area contributed by atoms with Gasteiger partial charge in [0, 0.05) is 12.7 Å². The van der Waals surface area contributed by atoms with Gasteiger partial charge in [-0.1, -0.05) is 37.3 Å². The zero-order chi connectivity index (χ0) is 13.9. The lowest BCUT2D eigenvalue weighted by Crippen LogP contribution is -2.06. The van der Waals surface area contributed by atoms with Crippen LogP contribution in [0.2, 0.25) is 0 Å². The highest BCUT2D eigenvalue weighted by Gasteiger charge is 2.10. The average Bonchev–Trinajstić information content (AvgIpc) is 2.81. The predicted octanol–water partition coefficient (Wildman–Crippen LogP) is 3.21. The molecule has 2 aromatic heterocycles. The zero-order valence-electron chi connectivity index (χ0n) is 11.5. The van der Waals surface area contributed by atoms with Crippen molar-refractivity contribution in [2.45, 2.75) is 25.8 Å². The fourth-order valence-corrected chi connectivity index (χ4v) is 2.51. The number of imidazole rings is 1. The Labute approximate surface area is 118 Å². The molecule has 0 bridgehead atoms. The maximum atomic E-state index is 6.00. The molecule has 3 rings (SSSR count). The van der Waals surface area contributed by atoms with Crippen molar-refractivity contribution in [2.24, 2.45) is 0 Å². The molecule has 0 fully saturated rings. The Morgan fingerprint density at radius 3 is 2.80 bits per heavy atom. The molecule has 0 saturated carbocycles. The number of nitrogens with zero attached hydrogens (tertiary/aromatic N) is 3. The lowest BCUT2D eigenvalue weighted by atomic mass is 9.98. The molecule has 0 spiro atoms. The van der Waals surface area contributed by atoms with Gasteiger partial charge in [-0.15, -0.1) is 0 Å². The van der Waals surface area contributed by atoms with E-state index in [1.54, 1.807) is 12.4 Å². The maximum absolute atomic E-state index is 6.00. The highest BCUT2D eigenvalue weighted by atomic mass is 15.2. The summed E-state index contributed by atoms with van der Waals surface area (Å²) >= 11 is 0. The Hall–Kier alpha value is -2.36. The van der Waals surface area contributed by atoms with Crippen molar-refractivity contribution in [1.29, 1.82) is 0 Å². The van der Waals surface area contributed by atoms with Gasteiger partial charge in [0.05, 0.1) is 11.7 Å². The van der Waals surface area contributed by atoms with Gasteiger partial charge < -0.3 is 10.3 Å². The van der Waals surface area contributed by atoms with Crippen molar-refractivity contribution in [2.75, 3.05) is 5.73 Å². The number of rotatable bonds is 4. The van der Waals surface area contributed by atoms with E-state index in [1.165, 1.54) is 5.56 Å². The molecule has 0 aliphatic rings. The van der Waals surface area contributed by atoms with E-state index >= 15 is 0 Å². The summed E-state index contributed by atoms with van der Waals surface area (Å²) < 4.78 is 2.07. The van der Waals surface area contributed by atoms with Gasteiger partial charge in [0.15, 0.2) is 0 Å². The fraction of sp³-hybridized carbons (Fsp3) is 0.250. The van der Waals surface area contributed by atoms with Gasteiger partial charge in [-0.25, -0.2) is 4.98 Å². The lowest BCUT2D eigenvalue weighted by Gasteiger charge is -2.13. The van der Waals surface area contributed by atoms with Gasteiger partial charge in [-0.2, -0.15) is 0 Å². The highest BCUT2D eigenvalue weighted by molar-refractivity contribution is 5.76. The number of anilines is 1. The van der Waals surface area contributed by atoms with E-state index in [4.69, 9.17) is 5.73 Å². The Balaban J connectivity index is 1.79. The number of hydrogen-bond acceptors (Lipinski definition) is 3. The van der Waals surface area contributed by atoms with E-state index in [0.717, 1.165) is 24.0 Å². The Morgan fingerprint density at radius 1 is 1.20 bits per heavy atom. The summed E-state index contributed by atoms with van der Waals surface area (Å²) in [7, 11) is 0. The number of nitrogens with two attached hydrogens (primary N) is 1. The number of aryl methyl sites for hydroxylation is 1. The van der Waals surface area contributed by atoms with Crippen LogP contribution < -0.4 is 5.73 Å². The third kappa shape index (κ3) is 2.37. The van der Waals surface area contributed by atoms with Crippen LogP contribution in [0.4, 0.5) is 5.95 Å². The second-order valence-electron chi connectivity index (χ2n) is 5.09. The maximum Gasteiger partial charge on any atom is 0.201 e. The molecular weight excluding hydrogens is 248 g/mol. The molecule has 0 aliphatic carbocycles. The summed E-state index contributed by atoms with van der Waals surface area (Å²) in [4.78, 5) is 8.42. The first-order valence-corrected chi connectivity index (χ1v) is 6.86. The quantitative estimate of drug-likeness (QED) is 0.789. The third-order valence-corrected chi connectivity index (χ3v) is 3.73. The molecule has 1 atom stereocenters. The van der Waals surface area contributed by atoms with Gasteiger partial charge in [0.25, 0.3) is 0 Å². The van der Waals surface area contributed by atoms with Crippen molar-refractivity contribution in [3.8, 4) is 0 Å². The van der Waals surface area contributed by atoms with Gasteiger partial charge in [0.1, 0.15) is 5.52 Å². The lowest BCUT2D eigenvalue weighted by molar-refractivity contribution is 0.590. The van der Waals surface area contributed by atoms with Gasteiger partial charge in [-0.05, 0) is 24.0 Å².